The van der Waals surface area contributed by atoms with Gasteiger partial charge in [0.15, 0.2) is 0 Å². The molecule has 4 bridgehead atoms. The van der Waals surface area contributed by atoms with Crippen LogP contribution in [-0.2, 0) is 0 Å². The van der Waals surface area contributed by atoms with Crippen molar-refractivity contribution in [3.05, 3.63) is 48.0 Å². The molecule has 1 amide bonds. The fourth-order valence-electron chi connectivity index (χ4n) is 6.89. The van der Waals surface area contributed by atoms with Crippen LogP contribution >= 0.6 is 0 Å². The van der Waals surface area contributed by atoms with Crippen molar-refractivity contribution in [2.24, 2.45) is 17.8 Å². The fourth-order valence-corrected chi connectivity index (χ4v) is 6.89. The Hall–Kier alpha value is -2.74. The highest BCUT2D eigenvalue weighted by Gasteiger charge is 2.55. The molecule has 4 saturated carbocycles. The molecule has 1 saturated heterocycles. The van der Waals surface area contributed by atoms with E-state index >= 15 is 0 Å². The normalized spacial score (nSPS) is 32.8. The Morgan fingerprint density at radius 1 is 1.00 bits per heavy atom. The monoisotopic (exact) mass is 451 g/mol. The number of carbonyl (C=O) groups excluding carboxylic acids is 1. The first kappa shape index (κ1) is 20.8. The number of aromatic nitrogens is 2. The van der Waals surface area contributed by atoms with Gasteiger partial charge in [0.1, 0.15) is 23.1 Å². The summed E-state index contributed by atoms with van der Waals surface area (Å²) in [5, 5.41) is 14.1. The lowest BCUT2D eigenvalue weighted by Crippen LogP contribution is -2.61. The highest BCUT2D eigenvalue weighted by Crippen LogP contribution is 2.55. The van der Waals surface area contributed by atoms with E-state index in [1.807, 2.05) is 12.1 Å². The quantitative estimate of drug-likeness (QED) is 0.744. The number of carbonyl (C=O) groups is 1. The predicted octanol–water partition coefficient (Wildman–Crippen LogP) is 2.61. The van der Waals surface area contributed by atoms with Crippen molar-refractivity contribution >= 4 is 17.5 Å². The van der Waals surface area contributed by atoms with E-state index in [0.29, 0.717) is 23.4 Å². The van der Waals surface area contributed by atoms with Crippen molar-refractivity contribution in [2.75, 3.05) is 36.0 Å². The number of aliphatic hydroxyl groups is 1. The largest absolute Gasteiger partial charge is 0.390 e. The zero-order valence-corrected chi connectivity index (χ0v) is 18.7. The van der Waals surface area contributed by atoms with Gasteiger partial charge in [0.05, 0.1) is 11.8 Å². The molecule has 1 aliphatic heterocycles. The van der Waals surface area contributed by atoms with Crippen LogP contribution in [0.25, 0.3) is 0 Å². The van der Waals surface area contributed by atoms with Crippen molar-refractivity contribution in [3.63, 3.8) is 0 Å². The standard InChI is InChI=1S/C25H30FN5O2/c26-19-4-5-21(27-15-19)30-6-8-31(9-7-30)22-3-1-2-20(28-22)24(32)29-23-17-10-16-11-18(23)14-25(33,12-16)13-17/h1-5,15-18,23,33H,6-14H2,(H,29,32). The maximum Gasteiger partial charge on any atom is 0.270 e. The molecule has 4 aliphatic carbocycles. The van der Waals surface area contributed by atoms with Gasteiger partial charge in [0.2, 0.25) is 0 Å². The summed E-state index contributed by atoms with van der Waals surface area (Å²) >= 11 is 0. The minimum Gasteiger partial charge on any atom is -0.390 e. The lowest BCUT2D eigenvalue weighted by atomic mass is 9.52. The second-order valence-electron chi connectivity index (χ2n) is 10.4. The Kier molecular flexibility index (Phi) is 5.01. The second kappa shape index (κ2) is 7.94. The molecule has 174 valence electrons. The molecule has 5 aliphatic rings. The van der Waals surface area contributed by atoms with E-state index in [2.05, 4.69) is 25.1 Å². The summed E-state index contributed by atoms with van der Waals surface area (Å²) in [6.07, 6.45) is 6.04. The number of anilines is 2. The lowest BCUT2D eigenvalue weighted by Gasteiger charge is -2.58. The number of amides is 1. The first-order chi connectivity index (χ1) is 16.0. The molecule has 0 aromatic carbocycles. The Bertz CT molecular complexity index is 1020. The van der Waals surface area contributed by atoms with Crippen molar-refractivity contribution < 1.29 is 14.3 Å². The number of halogens is 1. The van der Waals surface area contributed by atoms with E-state index in [-0.39, 0.29) is 17.8 Å². The van der Waals surface area contributed by atoms with Gasteiger partial charge in [0, 0.05) is 32.2 Å². The number of hydrogen-bond donors (Lipinski definition) is 2. The predicted molar refractivity (Wildman–Crippen MR) is 123 cm³/mol. The minimum absolute atomic E-state index is 0.115. The zero-order valence-electron chi connectivity index (χ0n) is 18.7. The van der Waals surface area contributed by atoms with Crippen molar-refractivity contribution in [1.82, 2.24) is 15.3 Å². The molecule has 0 spiro atoms. The fraction of sp³-hybridized carbons (Fsp3) is 0.560. The third-order valence-electron chi connectivity index (χ3n) is 8.15. The van der Waals surface area contributed by atoms with Gasteiger partial charge >= 0.3 is 0 Å². The maximum absolute atomic E-state index is 13.1. The van der Waals surface area contributed by atoms with Crippen LogP contribution in [-0.4, -0.2) is 58.8 Å². The molecule has 2 N–H and O–H groups in total. The first-order valence-electron chi connectivity index (χ1n) is 12.1. The molecule has 2 unspecified atom stereocenters. The molecule has 5 fully saturated rings. The van der Waals surface area contributed by atoms with Gasteiger partial charge in [-0.05, 0) is 74.1 Å². The van der Waals surface area contributed by atoms with E-state index in [1.165, 1.54) is 12.3 Å². The van der Waals surface area contributed by atoms with E-state index in [1.54, 1.807) is 12.1 Å². The van der Waals surface area contributed by atoms with Crippen LogP contribution in [0.3, 0.4) is 0 Å². The molecule has 3 heterocycles. The average Bonchev–Trinajstić information content (AvgIpc) is 2.81. The molecule has 0 radical (unpaired) electrons. The number of nitrogens with one attached hydrogen (secondary N) is 1. The summed E-state index contributed by atoms with van der Waals surface area (Å²) in [5.74, 6) is 2.50. The molecule has 2 aromatic rings. The van der Waals surface area contributed by atoms with Crippen LogP contribution in [0.4, 0.5) is 16.0 Å². The first-order valence-corrected chi connectivity index (χ1v) is 12.1. The van der Waals surface area contributed by atoms with Gasteiger partial charge in [-0.15, -0.1) is 0 Å². The molecule has 33 heavy (non-hydrogen) atoms. The van der Waals surface area contributed by atoms with E-state index in [4.69, 9.17) is 0 Å². The van der Waals surface area contributed by atoms with Crippen LogP contribution in [0.5, 0.6) is 0 Å². The van der Waals surface area contributed by atoms with E-state index in [9.17, 15) is 14.3 Å². The summed E-state index contributed by atoms with van der Waals surface area (Å²) in [6, 6.07) is 8.90. The Balaban J connectivity index is 1.10. The molecule has 7 rings (SSSR count). The molecule has 2 aromatic heterocycles. The summed E-state index contributed by atoms with van der Waals surface area (Å²) in [6.45, 7) is 3.02. The summed E-state index contributed by atoms with van der Waals surface area (Å²) in [5.41, 5.74) is -0.0516. The molecular weight excluding hydrogens is 421 g/mol. The molecule has 8 heteroatoms. The Morgan fingerprint density at radius 2 is 1.70 bits per heavy atom. The number of pyridine rings is 2. The van der Waals surface area contributed by atoms with Gasteiger partial charge in [-0.3, -0.25) is 4.79 Å². The highest BCUT2D eigenvalue weighted by molar-refractivity contribution is 5.93. The molecule has 2 atom stereocenters. The van der Waals surface area contributed by atoms with Gasteiger partial charge in [-0.2, -0.15) is 0 Å². The maximum atomic E-state index is 13.1. The van der Waals surface area contributed by atoms with Crippen molar-refractivity contribution in [1.29, 1.82) is 0 Å². The van der Waals surface area contributed by atoms with E-state index < -0.39 is 5.60 Å². The SMILES string of the molecule is O=C(NC1C2CC3CC1CC(O)(C3)C2)c1cccc(N2CCN(c3ccc(F)cn3)CC2)n1. The third kappa shape index (κ3) is 3.94. The van der Waals surface area contributed by atoms with Gasteiger partial charge < -0.3 is 20.2 Å². The number of nitrogens with zero attached hydrogens (tertiary/aromatic N) is 4. The van der Waals surface area contributed by atoms with E-state index in [0.717, 1.165) is 69.9 Å². The second-order valence-corrected chi connectivity index (χ2v) is 10.4. The molecular formula is C25H30FN5O2. The number of rotatable bonds is 4. The minimum atomic E-state index is -0.499. The van der Waals surface area contributed by atoms with Crippen LogP contribution in [0.1, 0.15) is 42.6 Å². The number of piperazine rings is 1. The van der Waals surface area contributed by atoms with Crippen molar-refractivity contribution in [3.8, 4) is 0 Å². The topological polar surface area (TPSA) is 81.6 Å². The van der Waals surface area contributed by atoms with Crippen LogP contribution < -0.4 is 15.1 Å². The summed E-state index contributed by atoms with van der Waals surface area (Å²) in [4.78, 5) is 26.3. The van der Waals surface area contributed by atoms with Gasteiger partial charge in [0.25, 0.3) is 5.91 Å². The van der Waals surface area contributed by atoms with Crippen LogP contribution in [0.15, 0.2) is 36.5 Å². The lowest BCUT2D eigenvalue weighted by molar-refractivity contribution is -0.136. The molecule has 7 nitrogen and oxygen atoms in total. The van der Waals surface area contributed by atoms with Crippen LogP contribution in [0.2, 0.25) is 0 Å². The zero-order chi connectivity index (χ0) is 22.6. The Labute approximate surface area is 193 Å². The third-order valence-corrected chi connectivity index (χ3v) is 8.15. The van der Waals surface area contributed by atoms with Gasteiger partial charge in [-0.25, -0.2) is 14.4 Å². The smallest absolute Gasteiger partial charge is 0.270 e. The summed E-state index contributed by atoms with van der Waals surface area (Å²) in [7, 11) is 0. The van der Waals surface area contributed by atoms with Crippen molar-refractivity contribution in [2.45, 2.75) is 43.7 Å². The van der Waals surface area contributed by atoms with Gasteiger partial charge in [-0.1, -0.05) is 6.07 Å². The average molecular weight is 452 g/mol. The number of hydrogen-bond acceptors (Lipinski definition) is 6. The highest BCUT2D eigenvalue weighted by atomic mass is 19.1. The Morgan fingerprint density at radius 3 is 2.33 bits per heavy atom. The van der Waals surface area contributed by atoms with Crippen LogP contribution in [0, 0.1) is 23.6 Å². The summed E-state index contributed by atoms with van der Waals surface area (Å²) < 4.78 is 13.1.